The Hall–Kier alpha value is -2.96. The van der Waals surface area contributed by atoms with E-state index < -0.39 is 0 Å². The number of rotatable bonds is 4. The van der Waals surface area contributed by atoms with Gasteiger partial charge in [0.25, 0.3) is 5.56 Å². The van der Waals surface area contributed by atoms with Gasteiger partial charge in [-0.05, 0) is 18.2 Å². The number of likely N-dealkylation sites (tertiary alicyclic amines) is 1. The van der Waals surface area contributed by atoms with Gasteiger partial charge in [-0.2, -0.15) is 5.10 Å². The van der Waals surface area contributed by atoms with Crippen LogP contribution >= 0.6 is 0 Å². The Morgan fingerprint density at radius 1 is 1.03 bits per heavy atom. The van der Waals surface area contributed by atoms with E-state index in [0.29, 0.717) is 26.2 Å². The van der Waals surface area contributed by atoms with Crippen molar-refractivity contribution in [3.8, 4) is 0 Å². The molecule has 4 rings (SSSR count). The molecule has 0 spiro atoms. The molecule has 2 aliphatic rings. The number of para-hydroxylation sites is 1. The van der Waals surface area contributed by atoms with Gasteiger partial charge < -0.3 is 9.80 Å². The molecule has 2 aromatic rings. The Morgan fingerprint density at radius 2 is 1.73 bits per heavy atom. The fourth-order valence-electron chi connectivity index (χ4n) is 4.08. The highest BCUT2D eigenvalue weighted by molar-refractivity contribution is 6.00. The zero-order valence-corrected chi connectivity index (χ0v) is 17.7. The van der Waals surface area contributed by atoms with Gasteiger partial charge >= 0.3 is 0 Å². The number of amides is 2. The minimum absolute atomic E-state index is 0.00799. The molecule has 1 aromatic carbocycles. The van der Waals surface area contributed by atoms with Gasteiger partial charge in [0.2, 0.25) is 11.8 Å². The van der Waals surface area contributed by atoms with E-state index in [1.807, 2.05) is 30.3 Å². The summed E-state index contributed by atoms with van der Waals surface area (Å²) < 4.78 is 1.52. The van der Waals surface area contributed by atoms with E-state index in [1.54, 1.807) is 21.9 Å². The lowest BCUT2D eigenvalue weighted by Crippen LogP contribution is -2.54. The summed E-state index contributed by atoms with van der Waals surface area (Å²) in [5.41, 5.74) is 1.47. The Bertz CT molecular complexity index is 1000. The van der Waals surface area contributed by atoms with Crippen molar-refractivity contribution in [2.75, 3.05) is 24.5 Å². The first kappa shape index (κ1) is 20.3. The molecule has 158 valence electrons. The van der Waals surface area contributed by atoms with E-state index in [4.69, 9.17) is 0 Å². The fraction of sp³-hybridized carbons (Fsp3) is 0.478. The second-order valence-electron chi connectivity index (χ2n) is 9.34. The van der Waals surface area contributed by atoms with E-state index in [1.165, 1.54) is 4.68 Å². The third-order valence-corrected chi connectivity index (χ3v) is 5.88. The lowest BCUT2D eigenvalue weighted by Gasteiger charge is -2.40. The van der Waals surface area contributed by atoms with Crippen molar-refractivity contribution < 1.29 is 9.59 Å². The van der Waals surface area contributed by atoms with E-state index in [-0.39, 0.29) is 41.0 Å². The van der Waals surface area contributed by atoms with Crippen molar-refractivity contribution in [1.29, 1.82) is 0 Å². The summed E-state index contributed by atoms with van der Waals surface area (Å²) in [4.78, 5) is 40.9. The molecule has 1 unspecified atom stereocenters. The number of aromatic nitrogens is 2. The van der Waals surface area contributed by atoms with Crippen LogP contribution in [-0.2, 0) is 21.5 Å². The average Bonchev–Trinajstić information content (AvgIpc) is 3.06. The molecule has 0 aliphatic carbocycles. The SMILES string of the molecule is CC(C)(C)c1ccc(=O)n(CC2CN(C(=O)C3CC(=O)N(c4ccccc4)C3)C2)n1. The van der Waals surface area contributed by atoms with Crippen LogP contribution in [0.3, 0.4) is 0 Å². The van der Waals surface area contributed by atoms with Crippen molar-refractivity contribution in [1.82, 2.24) is 14.7 Å². The smallest absolute Gasteiger partial charge is 0.266 e. The molecule has 0 N–H and O–H groups in total. The molecule has 1 atom stereocenters. The fourth-order valence-corrected chi connectivity index (χ4v) is 4.08. The van der Waals surface area contributed by atoms with Gasteiger partial charge in [0.1, 0.15) is 0 Å². The Balaban J connectivity index is 1.34. The van der Waals surface area contributed by atoms with Crippen LogP contribution in [0.4, 0.5) is 5.69 Å². The third-order valence-electron chi connectivity index (χ3n) is 5.88. The molecule has 3 heterocycles. The quantitative estimate of drug-likeness (QED) is 0.776. The van der Waals surface area contributed by atoms with Crippen molar-refractivity contribution in [2.45, 2.75) is 39.2 Å². The summed E-state index contributed by atoms with van der Waals surface area (Å²) >= 11 is 0. The van der Waals surface area contributed by atoms with Gasteiger partial charge in [-0.1, -0.05) is 39.0 Å². The number of hydrogen-bond acceptors (Lipinski definition) is 4. The summed E-state index contributed by atoms with van der Waals surface area (Å²) in [5.74, 6) is -0.0754. The Morgan fingerprint density at radius 3 is 2.40 bits per heavy atom. The largest absolute Gasteiger partial charge is 0.342 e. The van der Waals surface area contributed by atoms with Gasteiger partial charge in [0.15, 0.2) is 0 Å². The molecule has 0 bridgehead atoms. The maximum atomic E-state index is 12.9. The van der Waals surface area contributed by atoms with Crippen LogP contribution in [0.15, 0.2) is 47.3 Å². The van der Waals surface area contributed by atoms with Gasteiger partial charge in [0, 0.05) is 49.1 Å². The maximum absolute atomic E-state index is 12.9. The summed E-state index contributed by atoms with van der Waals surface area (Å²) in [7, 11) is 0. The number of anilines is 1. The molecule has 2 saturated heterocycles. The van der Waals surface area contributed by atoms with Gasteiger partial charge in [0.05, 0.1) is 18.2 Å². The minimum Gasteiger partial charge on any atom is -0.342 e. The molecular formula is C23H28N4O3. The number of hydrogen-bond donors (Lipinski definition) is 0. The van der Waals surface area contributed by atoms with Crippen LogP contribution in [0.5, 0.6) is 0 Å². The molecule has 0 radical (unpaired) electrons. The molecule has 7 heteroatoms. The van der Waals surface area contributed by atoms with Crippen molar-refractivity contribution in [2.24, 2.45) is 11.8 Å². The highest BCUT2D eigenvalue weighted by Crippen LogP contribution is 2.28. The zero-order valence-electron chi connectivity index (χ0n) is 17.7. The zero-order chi connectivity index (χ0) is 21.5. The lowest BCUT2D eigenvalue weighted by molar-refractivity contribution is -0.142. The molecule has 2 amide bonds. The molecule has 1 aromatic heterocycles. The van der Waals surface area contributed by atoms with Crippen LogP contribution in [0.1, 0.15) is 32.9 Å². The minimum atomic E-state index is -0.302. The molecule has 2 aliphatic heterocycles. The summed E-state index contributed by atoms with van der Waals surface area (Å²) in [6.45, 7) is 8.33. The topological polar surface area (TPSA) is 75.5 Å². The first-order valence-corrected chi connectivity index (χ1v) is 10.5. The van der Waals surface area contributed by atoms with Gasteiger partial charge in [-0.3, -0.25) is 14.4 Å². The first-order chi connectivity index (χ1) is 14.2. The standard InChI is InChI=1S/C23H28N4O3/c1-23(2,3)19-9-10-20(28)27(24-19)14-16-12-25(13-16)22(30)17-11-21(29)26(15-17)18-7-5-4-6-8-18/h4-10,16-17H,11-15H2,1-3H3. The van der Waals surface area contributed by atoms with Crippen LogP contribution in [-0.4, -0.2) is 46.1 Å². The van der Waals surface area contributed by atoms with E-state index in [0.717, 1.165) is 11.4 Å². The van der Waals surface area contributed by atoms with Gasteiger partial charge in [-0.15, -0.1) is 0 Å². The van der Waals surface area contributed by atoms with Gasteiger partial charge in [-0.25, -0.2) is 4.68 Å². The maximum Gasteiger partial charge on any atom is 0.266 e. The molecule has 30 heavy (non-hydrogen) atoms. The summed E-state index contributed by atoms with van der Waals surface area (Å²) in [5, 5.41) is 4.52. The van der Waals surface area contributed by atoms with Crippen molar-refractivity contribution >= 4 is 17.5 Å². The second kappa shape index (κ2) is 7.70. The monoisotopic (exact) mass is 408 g/mol. The lowest BCUT2D eigenvalue weighted by atomic mass is 9.92. The van der Waals surface area contributed by atoms with Crippen LogP contribution in [0.2, 0.25) is 0 Å². The highest BCUT2D eigenvalue weighted by Gasteiger charge is 2.41. The van der Waals surface area contributed by atoms with E-state index >= 15 is 0 Å². The first-order valence-electron chi connectivity index (χ1n) is 10.5. The predicted molar refractivity (Wildman–Crippen MR) is 114 cm³/mol. The number of nitrogens with zero attached hydrogens (tertiary/aromatic N) is 4. The molecular weight excluding hydrogens is 380 g/mol. The number of carbonyl (C=O) groups excluding carboxylic acids is 2. The van der Waals surface area contributed by atoms with Crippen LogP contribution in [0.25, 0.3) is 0 Å². The van der Waals surface area contributed by atoms with E-state index in [9.17, 15) is 14.4 Å². The summed E-state index contributed by atoms with van der Waals surface area (Å²) in [6.07, 6.45) is 0.254. The van der Waals surface area contributed by atoms with E-state index in [2.05, 4.69) is 25.9 Å². The predicted octanol–water partition coefficient (Wildman–Crippen LogP) is 2.05. The molecule has 0 saturated carbocycles. The van der Waals surface area contributed by atoms with Crippen molar-refractivity contribution in [3.05, 3.63) is 58.5 Å². The summed E-state index contributed by atoms with van der Waals surface area (Å²) in [6, 6.07) is 12.8. The van der Waals surface area contributed by atoms with Crippen molar-refractivity contribution in [3.63, 3.8) is 0 Å². The second-order valence-corrected chi connectivity index (χ2v) is 9.34. The number of benzene rings is 1. The molecule has 7 nitrogen and oxygen atoms in total. The van der Waals surface area contributed by atoms with Crippen LogP contribution < -0.4 is 10.5 Å². The van der Waals surface area contributed by atoms with Crippen LogP contribution in [0, 0.1) is 11.8 Å². The normalized spacial score (nSPS) is 19.8. The third kappa shape index (κ3) is 4.01. The average molecular weight is 409 g/mol. The highest BCUT2D eigenvalue weighted by atomic mass is 16.2. The Labute approximate surface area is 176 Å². The molecule has 2 fully saturated rings. The number of carbonyl (C=O) groups is 2. The Kier molecular flexibility index (Phi) is 5.22.